The number of ketones is 1. The second-order valence-electron chi connectivity index (χ2n) is 4.10. The molecule has 0 spiro atoms. The summed E-state index contributed by atoms with van der Waals surface area (Å²) in [6, 6.07) is 16.6. The van der Waals surface area contributed by atoms with Crippen LogP contribution in [0.4, 0.5) is 0 Å². The molecule has 0 amide bonds. The Labute approximate surface area is 106 Å². The van der Waals surface area contributed by atoms with Crippen molar-refractivity contribution < 1.29 is 9.59 Å². The molecular weight excluding hydrogens is 224 g/mol. The van der Waals surface area contributed by atoms with Gasteiger partial charge in [-0.05, 0) is 12.0 Å². The van der Waals surface area contributed by atoms with E-state index in [1.807, 2.05) is 54.6 Å². The Hall–Kier alpha value is -2.22. The summed E-state index contributed by atoms with van der Waals surface area (Å²) in [7, 11) is 0. The molecule has 2 rings (SSSR count). The van der Waals surface area contributed by atoms with Gasteiger partial charge in [-0.25, -0.2) is 0 Å². The van der Waals surface area contributed by atoms with E-state index in [2.05, 4.69) is 0 Å². The van der Waals surface area contributed by atoms with Crippen molar-refractivity contribution in [2.75, 3.05) is 0 Å². The van der Waals surface area contributed by atoms with E-state index >= 15 is 0 Å². The quantitative estimate of drug-likeness (QED) is 0.592. The summed E-state index contributed by atoms with van der Waals surface area (Å²) in [5.74, 6) is 0.0255. The summed E-state index contributed by atoms with van der Waals surface area (Å²) < 4.78 is 0. The zero-order valence-electron chi connectivity index (χ0n) is 10.0. The molecule has 90 valence electrons. The van der Waals surface area contributed by atoms with Gasteiger partial charge < -0.3 is 4.79 Å². The first-order valence-electron chi connectivity index (χ1n) is 5.93. The third-order valence-corrected chi connectivity index (χ3v) is 2.80. The maximum Gasteiger partial charge on any atom is 0.193 e. The number of hydrogen-bond acceptors (Lipinski definition) is 2. The molecule has 0 saturated carbocycles. The Morgan fingerprint density at radius 2 is 1.50 bits per heavy atom. The monoisotopic (exact) mass is 238 g/mol. The molecular formula is C16H14O2. The Bertz CT molecular complexity index is 527. The molecule has 0 heterocycles. The Morgan fingerprint density at radius 3 is 2.11 bits per heavy atom. The van der Waals surface area contributed by atoms with Crippen LogP contribution >= 0.6 is 0 Å². The molecule has 0 atom stereocenters. The average Bonchev–Trinajstić information content (AvgIpc) is 2.46. The number of benzene rings is 2. The summed E-state index contributed by atoms with van der Waals surface area (Å²) in [5.41, 5.74) is 2.45. The van der Waals surface area contributed by atoms with E-state index in [1.165, 1.54) is 0 Å². The lowest BCUT2D eigenvalue weighted by Gasteiger charge is -2.02. The van der Waals surface area contributed by atoms with Gasteiger partial charge >= 0.3 is 0 Å². The molecule has 0 aliphatic rings. The van der Waals surface area contributed by atoms with Gasteiger partial charge in [0.25, 0.3) is 0 Å². The van der Waals surface area contributed by atoms with Crippen LogP contribution in [0.1, 0.15) is 27.9 Å². The molecule has 2 aromatic carbocycles. The van der Waals surface area contributed by atoms with E-state index in [9.17, 15) is 9.59 Å². The smallest absolute Gasteiger partial charge is 0.193 e. The van der Waals surface area contributed by atoms with E-state index in [1.54, 1.807) is 0 Å². The summed E-state index contributed by atoms with van der Waals surface area (Å²) in [6.07, 6.45) is 2.15. The number of hydrogen-bond donors (Lipinski definition) is 0. The van der Waals surface area contributed by atoms with Gasteiger partial charge in [0.05, 0.1) is 0 Å². The Morgan fingerprint density at radius 1 is 0.889 bits per heavy atom. The van der Waals surface area contributed by atoms with Crippen LogP contribution in [0, 0.1) is 0 Å². The minimum Gasteiger partial charge on any atom is -0.303 e. The molecule has 2 heteroatoms. The van der Waals surface area contributed by atoms with Crippen LogP contribution in [0.3, 0.4) is 0 Å². The van der Waals surface area contributed by atoms with Gasteiger partial charge in [0.15, 0.2) is 5.78 Å². The first-order chi connectivity index (χ1) is 8.81. The van der Waals surface area contributed by atoms with Crippen molar-refractivity contribution >= 4 is 12.1 Å². The van der Waals surface area contributed by atoms with E-state index in [-0.39, 0.29) is 5.78 Å². The number of carbonyl (C=O) groups excluding carboxylic acids is 2. The van der Waals surface area contributed by atoms with Crippen LogP contribution in [0.15, 0.2) is 54.6 Å². The number of carbonyl (C=O) groups is 2. The van der Waals surface area contributed by atoms with Crippen molar-refractivity contribution in [2.45, 2.75) is 12.8 Å². The van der Waals surface area contributed by atoms with Crippen molar-refractivity contribution in [3.8, 4) is 0 Å². The second kappa shape index (κ2) is 5.92. The van der Waals surface area contributed by atoms with E-state index in [0.29, 0.717) is 17.5 Å². The lowest BCUT2D eigenvalue weighted by Crippen LogP contribution is -2.01. The van der Waals surface area contributed by atoms with Crippen molar-refractivity contribution in [3.05, 3.63) is 71.3 Å². The highest BCUT2D eigenvalue weighted by molar-refractivity contribution is 6.08. The minimum atomic E-state index is 0.0255. The maximum absolute atomic E-state index is 12.1. The zero-order chi connectivity index (χ0) is 12.8. The highest BCUT2D eigenvalue weighted by Crippen LogP contribution is 2.11. The predicted molar refractivity (Wildman–Crippen MR) is 70.7 cm³/mol. The molecule has 2 aromatic rings. The van der Waals surface area contributed by atoms with E-state index in [0.717, 1.165) is 18.3 Å². The molecule has 0 saturated heterocycles. The van der Waals surface area contributed by atoms with Crippen LogP contribution in [0.2, 0.25) is 0 Å². The predicted octanol–water partition coefficient (Wildman–Crippen LogP) is 3.05. The zero-order valence-corrected chi connectivity index (χ0v) is 10.0. The molecule has 0 fully saturated rings. The van der Waals surface area contributed by atoms with Crippen molar-refractivity contribution in [2.24, 2.45) is 0 Å². The van der Waals surface area contributed by atoms with Crippen molar-refractivity contribution in [1.29, 1.82) is 0 Å². The molecule has 0 bridgehead atoms. The summed E-state index contributed by atoms with van der Waals surface area (Å²) in [5, 5.41) is 0. The Balaban J connectivity index is 2.14. The number of aryl methyl sites for hydroxylation is 1. The van der Waals surface area contributed by atoms with Crippen LogP contribution in [0.25, 0.3) is 0 Å². The lowest BCUT2D eigenvalue weighted by molar-refractivity contribution is -0.107. The molecule has 0 radical (unpaired) electrons. The molecule has 0 aromatic heterocycles. The molecule has 0 N–H and O–H groups in total. The van der Waals surface area contributed by atoms with Crippen LogP contribution in [0.5, 0.6) is 0 Å². The fourth-order valence-electron chi connectivity index (χ4n) is 1.80. The maximum atomic E-state index is 12.1. The fraction of sp³-hybridized carbons (Fsp3) is 0.125. The summed E-state index contributed by atoms with van der Waals surface area (Å²) in [4.78, 5) is 22.4. The third kappa shape index (κ3) is 2.92. The molecule has 0 aliphatic heterocycles. The topological polar surface area (TPSA) is 34.1 Å². The van der Waals surface area contributed by atoms with E-state index in [4.69, 9.17) is 0 Å². The lowest BCUT2D eigenvalue weighted by atomic mass is 10.0. The largest absolute Gasteiger partial charge is 0.303 e. The van der Waals surface area contributed by atoms with Gasteiger partial charge in [0.2, 0.25) is 0 Å². The Kier molecular flexibility index (Phi) is 4.02. The normalized spacial score (nSPS) is 10.0. The number of rotatable bonds is 5. The minimum absolute atomic E-state index is 0.0255. The SMILES string of the molecule is O=CCCc1ccc(C(=O)c2ccccc2)cc1. The molecule has 0 unspecified atom stereocenters. The van der Waals surface area contributed by atoms with Gasteiger partial charge in [-0.15, -0.1) is 0 Å². The van der Waals surface area contributed by atoms with Gasteiger partial charge in [0, 0.05) is 17.5 Å². The van der Waals surface area contributed by atoms with Gasteiger partial charge in [-0.2, -0.15) is 0 Å². The van der Waals surface area contributed by atoms with Gasteiger partial charge in [0.1, 0.15) is 6.29 Å². The highest BCUT2D eigenvalue weighted by atomic mass is 16.1. The van der Waals surface area contributed by atoms with Gasteiger partial charge in [-0.3, -0.25) is 4.79 Å². The highest BCUT2D eigenvalue weighted by Gasteiger charge is 2.07. The molecule has 18 heavy (non-hydrogen) atoms. The number of aldehydes is 1. The second-order valence-corrected chi connectivity index (χ2v) is 4.10. The summed E-state index contributed by atoms with van der Waals surface area (Å²) in [6.45, 7) is 0. The van der Waals surface area contributed by atoms with E-state index < -0.39 is 0 Å². The van der Waals surface area contributed by atoms with Crippen molar-refractivity contribution in [1.82, 2.24) is 0 Å². The molecule has 0 aliphatic carbocycles. The van der Waals surface area contributed by atoms with Gasteiger partial charge in [-0.1, -0.05) is 54.6 Å². The third-order valence-electron chi connectivity index (χ3n) is 2.80. The van der Waals surface area contributed by atoms with Crippen LogP contribution in [-0.4, -0.2) is 12.1 Å². The fourth-order valence-corrected chi connectivity index (χ4v) is 1.80. The van der Waals surface area contributed by atoms with Crippen molar-refractivity contribution in [3.63, 3.8) is 0 Å². The van der Waals surface area contributed by atoms with Crippen LogP contribution < -0.4 is 0 Å². The standard InChI is InChI=1S/C16H14O2/c17-12-4-5-13-8-10-15(11-9-13)16(18)14-6-2-1-3-7-14/h1-3,6-12H,4-5H2. The first kappa shape index (κ1) is 12.2. The van der Waals surface area contributed by atoms with Crippen LogP contribution in [-0.2, 0) is 11.2 Å². The first-order valence-corrected chi connectivity index (χ1v) is 5.93. The average molecular weight is 238 g/mol. The summed E-state index contributed by atoms with van der Waals surface area (Å²) >= 11 is 0. The molecule has 2 nitrogen and oxygen atoms in total.